The number of nitrogens with two attached hydrogens (primary N) is 1. The number of sulfone groups is 1. The largest absolute Gasteiger partial charge is 0.238 e. The van der Waals surface area contributed by atoms with Crippen LogP contribution in [0.3, 0.4) is 0 Å². The zero-order valence-corrected chi connectivity index (χ0v) is 18.5. The van der Waals surface area contributed by atoms with Crippen LogP contribution in [0.5, 0.6) is 0 Å². The molecular formula is C21H14F2N2O4S3. The predicted octanol–water partition coefficient (Wildman–Crippen LogP) is 4.24. The molecule has 0 aliphatic heterocycles. The lowest BCUT2D eigenvalue weighted by atomic mass is 10.1. The first-order chi connectivity index (χ1) is 15.1. The van der Waals surface area contributed by atoms with Crippen molar-refractivity contribution in [1.29, 1.82) is 0 Å². The number of benzene rings is 3. The van der Waals surface area contributed by atoms with E-state index in [1.54, 1.807) is 0 Å². The van der Waals surface area contributed by atoms with Gasteiger partial charge in [0.05, 0.1) is 20.4 Å². The Hall–Kier alpha value is -2.99. The molecule has 0 fully saturated rings. The lowest BCUT2D eigenvalue weighted by Gasteiger charge is -2.04. The smallest absolute Gasteiger partial charge is 0.225 e. The van der Waals surface area contributed by atoms with E-state index in [2.05, 4.69) is 4.98 Å². The number of nitrogens with zero attached hydrogens (tertiary/aromatic N) is 1. The van der Waals surface area contributed by atoms with Gasteiger partial charge in [0, 0.05) is 5.56 Å². The van der Waals surface area contributed by atoms with E-state index in [0.717, 1.165) is 35.6 Å². The molecule has 0 bridgehead atoms. The fourth-order valence-corrected chi connectivity index (χ4v) is 6.15. The number of hydrogen-bond acceptors (Lipinski definition) is 6. The van der Waals surface area contributed by atoms with Crippen LogP contribution in [0, 0.1) is 11.6 Å². The minimum Gasteiger partial charge on any atom is -0.225 e. The molecule has 3 aromatic carbocycles. The van der Waals surface area contributed by atoms with Crippen molar-refractivity contribution in [3.8, 4) is 21.7 Å². The molecule has 1 aromatic heterocycles. The van der Waals surface area contributed by atoms with Crippen molar-refractivity contribution in [3.05, 3.63) is 84.4 Å². The van der Waals surface area contributed by atoms with Crippen molar-refractivity contribution in [1.82, 2.24) is 4.98 Å². The summed E-state index contributed by atoms with van der Waals surface area (Å²) >= 11 is 0.871. The first-order valence-electron chi connectivity index (χ1n) is 8.96. The first-order valence-corrected chi connectivity index (χ1v) is 12.8. The highest BCUT2D eigenvalue weighted by molar-refractivity contribution is 7.93. The summed E-state index contributed by atoms with van der Waals surface area (Å²) in [5.74, 6) is -1.04. The van der Waals surface area contributed by atoms with Crippen molar-refractivity contribution in [3.63, 3.8) is 0 Å². The number of halogens is 2. The fourth-order valence-electron chi connectivity index (χ4n) is 2.93. The van der Waals surface area contributed by atoms with Gasteiger partial charge in [0.15, 0.2) is 0 Å². The van der Waals surface area contributed by atoms with Gasteiger partial charge in [-0.3, -0.25) is 0 Å². The highest BCUT2D eigenvalue weighted by Crippen LogP contribution is 2.40. The minimum atomic E-state index is -4.06. The van der Waals surface area contributed by atoms with Crippen LogP contribution < -0.4 is 5.14 Å². The Morgan fingerprint density at radius 2 is 1.16 bits per heavy atom. The van der Waals surface area contributed by atoms with Gasteiger partial charge in [-0.15, -0.1) is 11.3 Å². The van der Waals surface area contributed by atoms with E-state index in [9.17, 15) is 25.6 Å². The van der Waals surface area contributed by atoms with Crippen LogP contribution in [0.4, 0.5) is 8.78 Å². The number of hydrogen-bond donors (Lipinski definition) is 1. The van der Waals surface area contributed by atoms with Crippen LogP contribution in [0.2, 0.25) is 0 Å². The van der Waals surface area contributed by atoms with Gasteiger partial charge < -0.3 is 0 Å². The molecule has 4 aromatic rings. The fraction of sp³-hybridized carbons (Fsp3) is 0. The molecule has 0 aliphatic carbocycles. The topological polar surface area (TPSA) is 107 Å². The lowest BCUT2D eigenvalue weighted by Crippen LogP contribution is -2.11. The average molecular weight is 493 g/mol. The van der Waals surface area contributed by atoms with Crippen LogP contribution >= 0.6 is 11.3 Å². The second kappa shape index (κ2) is 8.17. The summed E-state index contributed by atoms with van der Waals surface area (Å²) in [6.07, 6.45) is 0. The van der Waals surface area contributed by atoms with Crippen LogP contribution in [-0.4, -0.2) is 21.8 Å². The number of thiazole rings is 1. The molecular weight excluding hydrogens is 478 g/mol. The minimum absolute atomic E-state index is 0.112. The predicted molar refractivity (Wildman–Crippen MR) is 116 cm³/mol. The third-order valence-corrected chi connectivity index (χ3v) is 8.70. The molecule has 1 heterocycles. The summed E-state index contributed by atoms with van der Waals surface area (Å²) < 4.78 is 75.7. The molecule has 0 saturated heterocycles. The van der Waals surface area contributed by atoms with Gasteiger partial charge in [-0.05, 0) is 54.1 Å². The van der Waals surface area contributed by atoms with Gasteiger partial charge in [-0.1, -0.05) is 24.3 Å². The molecule has 0 unspecified atom stereocenters. The van der Waals surface area contributed by atoms with Crippen molar-refractivity contribution >= 4 is 31.2 Å². The Morgan fingerprint density at radius 3 is 1.69 bits per heavy atom. The zero-order chi connectivity index (χ0) is 23.1. The molecule has 0 spiro atoms. The molecule has 0 radical (unpaired) electrons. The molecule has 4 rings (SSSR count). The van der Waals surface area contributed by atoms with Crippen LogP contribution in [0.1, 0.15) is 0 Å². The Kier molecular flexibility index (Phi) is 5.67. The van der Waals surface area contributed by atoms with Gasteiger partial charge in [0.25, 0.3) is 0 Å². The summed E-state index contributed by atoms with van der Waals surface area (Å²) in [4.78, 5) is 4.50. The second-order valence-electron chi connectivity index (χ2n) is 6.69. The first kappa shape index (κ1) is 22.2. The van der Waals surface area contributed by atoms with Crippen molar-refractivity contribution in [2.75, 3.05) is 0 Å². The van der Waals surface area contributed by atoms with E-state index in [4.69, 9.17) is 5.14 Å². The molecule has 6 nitrogen and oxygen atoms in total. The van der Waals surface area contributed by atoms with E-state index >= 15 is 0 Å². The molecule has 0 aliphatic rings. The van der Waals surface area contributed by atoms with Gasteiger partial charge >= 0.3 is 0 Å². The molecule has 2 N–H and O–H groups in total. The molecule has 11 heteroatoms. The normalized spacial score (nSPS) is 12.1. The van der Waals surface area contributed by atoms with Crippen LogP contribution in [0.15, 0.2) is 86.9 Å². The lowest BCUT2D eigenvalue weighted by molar-refractivity contribution is 0.593. The van der Waals surface area contributed by atoms with E-state index in [-0.39, 0.29) is 19.8 Å². The summed E-state index contributed by atoms with van der Waals surface area (Å²) in [6.45, 7) is 0. The highest BCUT2D eigenvalue weighted by atomic mass is 32.2. The highest BCUT2D eigenvalue weighted by Gasteiger charge is 2.26. The van der Waals surface area contributed by atoms with Crippen LogP contribution in [-0.2, 0) is 19.9 Å². The van der Waals surface area contributed by atoms with E-state index in [0.29, 0.717) is 16.0 Å². The maximum Gasteiger partial charge on any atom is 0.238 e. The van der Waals surface area contributed by atoms with Crippen molar-refractivity contribution in [2.45, 2.75) is 14.1 Å². The third kappa shape index (κ3) is 4.32. The van der Waals surface area contributed by atoms with Gasteiger partial charge in [-0.25, -0.2) is 35.7 Å². The summed E-state index contributed by atoms with van der Waals surface area (Å²) in [6, 6.07) is 15.3. The Labute approximate surface area is 187 Å². The van der Waals surface area contributed by atoms with E-state index in [1.807, 2.05) is 0 Å². The standard InChI is InChI=1S/C21H14F2N2O4S3/c22-15-5-1-14(2-6-15)20-19(13-3-9-18(10-4-13)32(24,28)29)25-21(30-20)31(26,27)17-11-7-16(23)8-12-17/h1-12H,(H2,24,28,29). The molecule has 164 valence electrons. The Bertz CT molecular complexity index is 1500. The molecule has 0 amide bonds. The number of rotatable bonds is 5. The summed E-state index contributed by atoms with van der Waals surface area (Å²) in [7, 11) is -7.97. The third-order valence-electron chi connectivity index (χ3n) is 4.52. The maximum absolute atomic E-state index is 13.4. The molecule has 32 heavy (non-hydrogen) atoms. The summed E-state index contributed by atoms with van der Waals surface area (Å²) in [5.41, 5.74) is 1.23. The molecule has 0 atom stereocenters. The van der Waals surface area contributed by atoms with E-state index < -0.39 is 31.5 Å². The van der Waals surface area contributed by atoms with E-state index in [1.165, 1.54) is 48.5 Å². The van der Waals surface area contributed by atoms with Crippen LogP contribution in [0.25, 0.3) is 21.7 Å². The number of aromatic nitrogens is 1. The van der Waals surface area contributed by atoms with Crippen molar-refractivity contribution < 1.29 is 25.6 Å². The maximum atomic E-state index is 13.4. The van der Waals surface area contributed by atoms with Gasteiger partial charge in [0.2, 0.25) is 24.2 Å². The monoisotopic (exact) mass is 492 g/mol. The number of sulfonamides is 1. The zero-order valence-electron chi connectivity index (χ0n) is 16.1. The van der Waals surface area contributed by atoms with Gasteiger partial charge in [-0.2, -0.15) is 0 Å². The summed E-state index contributed by atoms with van der Waals surface area (Å²) in [5, 5.41) is 5.13. The second-order valence-corrected chi connectivity index (χ2v) is 11.4. The SMILES string of the molecule is NS(=O)(=O)c1ccc(-c2nc(S(=O)(=O)c3ccc(F)cc3)sc2-c2ccc(F)cc2)cc1. The quantitative estimate of drug-likeness (QED) is 0.420. The van der Waals surface area contributed by atoms with Gasteiger partial charge in [0.1, 0.15) is 11.6 Å². The molecule has 0 saturated carbocycles. The average Bonchev–Trinajstić information content (AvgIpc) is 3.20. The Morgan fingerprint density at radius 1 is 0.688 bits per heavy atom. The van der Waals surface area contributed by atoms with Crippen molar-refractivity contribution in [2.24, 2.45) is 5.14 Å². The number of primary sulfonamides is 1. The Balaban J connectivity index is 1.89.